The number of nitrogens with two attached hydrogens (primary N) is 1. The van der Waals surface area contributed by atoms with Crippen molar-refractivity contribution in [2.75, 3.05) is 7.05 Å². The van der Waals surface area contributed by atoms with E-state index in [9.17, 15) is 9.59 Å². The first kappa shape index (κ1) is 18.3. The lowest BCUT2D eigenvalue weighted by Crippen LogP contribution is -2.48. The molecule has 1 fully saturated rings. The van der Waals surface area contributed by atoms with Crippen LogP contribution < -0.4 is 11.1 Å². The molecule has 0 spiro atoms. The summed E-state index contributed by atoms with van der Waals surface area (Å²) in [5.74, 6) is -0.117. The predicted octanol–water partition coefficient (Wildman–Crippen LogP) is 2.03. The Morgan fingerprint density at radius 2 is 1.88 bits per heavy atom. The summed E-state index contributed by atoms with van der Waals surface area (Å²) in [7, 11) is 1.78. The third kappa shape index (κ3) is 5.23. The van der Waals surface area contributed by atoms with E-state index in [0.717, 1.165) is 31.2 Å². The molecule has 1 aliphatic carbocycles. The monoisotopic (exact) mass is 333 g/mol. The maximum absolute atomic E-state index is 12.2. The fourth-order valence-corrected chi connectivity index (χ4v) is 2.91. The van der Waals surface area contributed by atoms with Crippen molar-refractivity contribution in [3.05, 3.63) is 35.9 Å². The van der Waals surface area contributed by atoms with Crippen LogP contribution in [0.4, 0.5) is 4.79 Å². The number of carbonyl (C=O) groups excluding carboxylic acids is 2. The van der Waals surface area contributed by atoms with Gasteiger partial charge in [-0.2, -0.15) is 0 Å². The van der Waals surface area contributed by atoms with Crippen LogP contribution in [-0.4, -0.2) is 42.1 Å². The number of rotatable bonds is 5. The molecule has 1 aromatic rings. The van der Waals surface area contributed by atoms with E-state index < -0.39 is 6.04 Å². The van der Waals surface area contributed by atoms with Gasteiger partial charge in [0.15, 0.2) is 0 Å². The SMILES string of the molecule is C[C@H](N)C(=O)NC1CCC(N(C)C(=O)OCc2ccccc2)CC1. The van der Waals surface area contributed by atoms with Crippen LogP contribution in [0.1, 0.15) is 38.2 Å². The molecule has 3 N–H and O–H groups in total. The summed E-state index contributed by atoms with van der Waals surface area (Å²) in [5, 5.41) is 2.96. The van der Waals surface area contributed by atoms with Crippen LogP contribution in [0.25, 0.3) is 0 Å². The molecule has 24 heavy (non-hydrogen) atoms. The summed E-state index contributed by atoms with van der Waals surface area (Å²) in [6, 6.07) is 9.44. The lowest BCUT2D eigenvalue weighted by atomic mass is 9.90. The van der Waals surface area contributed by atoms with E-state index in [1.807, 2.05) is 30.3 Å². The van der Waals surface area contributed by atoms with Gasteiger partial charge in [-0.3, -0.25) is 4.79 Å². The average molecular weight is 333 g/mol. The van der Waals surface area contributed by atoms with Crippen molar-refractivity contribution >= 4 is 12.0 Å². The smallest absolute Gasteiger partial charge is 0.410 e. The topological polar surface area (TPSA) is 84.7 Å². The minimum absolute atomic E-state index is 0.117. The number of nitrogens with one attached hydrogen (secondary N) is 1. The summed E-state index contributed by atoms with van der Waals surface area (Å²) in [6.45, 7) is 1.96. The zero-order valence-electron chi connectivity index (χ0n) is 14.4. The van der Waals surface area contributed by atoms with Gasteiger partial charge in [0.2, 0.25) is 5.91 Å². The van der Waals surface area contributed by atoms with Gasteiger partial charge in [-0.25, -0.2) is 4.79 Å². The fraction of sp³-hybridized carbons (Fsp3) is 0.556. The Hall–Kier alpha value is -2.08. The Balaban J connectivity index is 1.74. The Bertz CT molecular complexity index is 540. The summed E-state index contributed by atoms with van der Waals surface area (Å²) in [6.07, 6.45) is 3.09. The predicted molar refractivity (Wildman–Crippen MR) is 92.2 cm³/mol. The van der Waals surface area contributed by atoms with Crippen LogP contribution in [0.5, 0.6) is 0 Å². The first-order chi connectivity index (χ1) is 11.5. The number of hydrogen-bond acceptors (Lipinski definition) is 4. The standard InChI is InChI=1S/C18H27N3O3/c1-13(19)17(22)20-15-8-10-16(11-9-15)21(2)18(23)24-12-14-6-4-3-5-7-14/h3-7,13,15-16H,8-12,19H2,1-2H3,(H,20,22)/t13-,15?,16?/m0/s1. The second-order valence-corrected chi connectivity index (χ2v) is 6.45. The maximum Gasteiger partial charge on any atom is 0.410 e. The van der Waals surface area contributed by atoms with Gasteiger partial charge in [-0.1, -0.05) is 30.3 Å². The molecule has 0 heterocycles. The molecule has 1 saturated carbocycles. The van der Waals surface area contributed by atoms with E-state index in [1.165, 1.54) is 0 Å². The largest absolute Gasteiger partial charge is 0.445 e. The van der Waals surface area contributed by atoms with Crippen molar-refractivity contribution in [2.45, 2.75) is 57.3 Å². The van der Waals surface area contributed by atoms with Crippen molar-refractivity contribution in [3.63, 3.8) is 0 Å². The van der Waals surface area contributed by atoms with Crippen molar-refractivity contribution in [1.82, 2.24) is 10.2 Å². The lowest BCUT2D eigenvalue weighted by Gasteiger charge is -2.34. The third-order valence-electron chi connectivity index (χ3n) is 4.50. The van der Waals surface area contributed by atoms with Crippen LogP contribution in [0.3, 0.4) is 0 Å². The van der Waals surface area contributed by atoms with Crippen molar-refractivity contribution in [1.29, 1.82) is 0 Å². The Kier molecular flexibility index (Phi) is 6.61. The van der Waals surface area contributed by atoms with E-state index in [-0.39, 0.29) is 30.7 Å². The van der Waals surface area contributed by atoms with Gasteiger partial charge in [0, 0.05) is 19.1 Å². The second kappa shape index (κ2) is 8.68. The van der Waals surface area contributed by atoms with Gasteiger partial charge < -0.3 is 20.7 Å². The van der Waals surface area contributed by atoms with Crippen molar-refractivity contribution in [2.24, 2.45) is 5.73 Å². The molecule has 0 aromatic heterocycles. The highest BCUT2D eigenvalue weighted by Crippen LogP contribution is 2.23. The molecular formula is C18H27N3O3. The van der Waals surface area contributed by atoms with Gasteiger partial charge >= 0.3 is 6.09 Å². The average Bonchev–Trinajstić information content (AvgIpc) is 2.60. The Morgan fingerprint density at radius 3 is 2.46 bits per heavy atom. The van der Waals surface area contributed by atoms with Gasteiger partial charge in [0.25, 0.3) is 0 Å². The zero-order valence-corrected chi connectivity index (χ0v) is 14.4. The minimum atomic E-state index is -0.488. The van der Waals surface area contributed by atoms with Gasteiger partial charge in [0.05, 0.1) is 6.04 Å². The van der Waals surface area contributed by atoms with Crippen LogP contribution in [0.2, 0.25) is 0 Å². The molecule has 1 atom stereocenters. The molecule has 0 saturated heterocycles. The van der Waals surface area contributed by atoms with Crippen molar-refractivity contribution in [3.8, 4) is 0 Å². The second-order valence-electron chi connectivity index (χ2n) is 6.45. The van der Waals surface area contributed by atoms with Gasteiger partial charge in [-0.15, -0.1) is 0 Å². The molecule has 0 bridgehead atoms. The highest BCUT2D eigenvalue weighted by molar-refractivity contribution is 5.81. The Morgan fingerprint density at radius 1 is 1.25 bits per heavy atom. The minimum Gasteiger partial charge on any atom is -0.445 e. The highest BCUT2D eigenvalue weighted by atomic mass is 16.6. The fourth-order valence-electron chi connectivity index (χ4n) is 2.91. The van der Waals surface area contributed by atoms with Crippen LogP contribution in [0, 0.1) is 0 Å². The van der Waals surface area contributed by atoms with Crippen molar-refractivity contribution < 1.29 is 14.3 Å². The molecule has 132 valence electrons. The quantitative estimate of drug-likeness (QED) is 0.863. The number of ether oxygens (including phenoxy) is 1. The lowest BCUT2D eigenvalue weighted by molar-refractivity contribution is -0.123. The number of amides is 2. The summed E-state index contributed by atoms with van der Waals surface area (Å²) in [5.41, 5.74) is 6.54. The number of hydrogen-bond donors (Lipinski definition) is 2. The molecule has 0 radical (unpaired) electrons. The number of nitrogens with zero attached hydrogens (tertiary/aromatic N) is 1. The van der Waals surface area contributed by atoms with Gasteiger partial charge in [0.1, 0.15) is 6.61 Å². The molecule has 1 aromatic carbocycles. The highest BCUT2D eigenvalue weighted by Gasteiger charge is 2.28. The molecule has 6 heteroatoms. The zero-order chi connectivity index (χ0) is 17.5. The first-order valence-corrected chi connectivity index (χ1v) is 8.47. The molecule has 0 aliphatic heterocycles. The van der Waals surface area contributed by atoms with E-state index >= 15 is 0 Å². The molecule has 0 unspecified atom stereocenters. The summed E-state index contributed by atoms with van der Waals surface area (Å²) in [4.78, 5) is 25.5. The van der Waals surface area contributed by atoms with Gasteiger partial charge in [-0.05, 0) is 38.2 Å². The van der Waals surface area contributed by atoms with Crippen LogP contribution in [0.15, 0.2) is 30.3 Å². The van der Waals surface area contributed by atoms with E-state index in [2.05, 4.69) is 5.32 Å². The van der Waals surface area contributed by atoms with E-state index in [0.29, 0.717) is 0 Å². The molecule has 6 nitrogen and oxygen atoms in total. The number of benzene rings is 1. The normalized spacial score (nSPS) is 21.6. The van der Waals surface area contributed by atoms with E-state index in [1.54, 1.807) is 18.9 Å². The van der Waals surface area contributed by atoms with E-state index in [4.69, 9.17) is 10.5 Å². The first-order valence-electron chi connectivity index (χ1n) is 8.47. The molecule has 2 amide bonds. The third-order valence-corrected chi connectivity index (χ3v) is 4.50. The van der Waals surface area contributed by atoms with Crippen LogP contribution in [-0.2, 0) is 16.1 Å². The summed E-state index contributed by atoms with van der Waals surface area (Å²) >= 11 is 0. The van der Waals surface area contributed by atoms with Crippen LogP contribution >= 0.6 is 0 Å². The number of carbonyl (C=O) groups is 2. The summed E-state index contributed by atoms with van der Waals surface area (Å²) < 4.78 is 5.37. The maximum atomic E-state index is 12.2. The molecule has 2 rings (SSSR count). The Labute approximate surface area is 143 Å². The molecule has 1 aliphatic rings. The molecular weight excluding hydrogens is 306 g/mol.